The maximum Gasteiger partial charge on any atom is 0.150 e. The molecule has 0 saturated heterocycles. The summed E-state index contributed by atoms with van der Waals surface area (Å²) in [6.07, 6.45) is 4.04. The molecule has 18 heavy (non-hydrogen) atoms. The summed E-state index contributed by atoms with van der Waals surface area (Å²) < 4.78 is 1.96. The average molecular weight is 254 g/mol. The maximum atomic E-state index is 10.1. The highest BCUT2D eigenvalue weighted by molar-refractivity contribution is 4.92. The Morgan fingerprint density at radius 1 is 1.28 bits per heavy atom. The lowest BCUT2D eigenvalue weighted by atomic mass is 9.95. The molecule has 0 aliphatic carbocycles. The third-order valence-corrected chi connectivity index (χ3v) is 3.47. The molecule has 1 aromatic heterocycles. The van der Waals surface area contributed by atoms with E-state index in [0.717, 1.165) is 37.5 Å². The molecule has 0 aliphatic rings. The monoisotopic (exact) mass is 254 g/mol. The third kappa shape index (κ3) is 3.78. The Kier molecular flexibility index (Phi) is 5.75. The Labute approximate surface area is 109 Å². The van der Waals surface area contributed by atoms with Gasteiger partial charge in [-0.1, -0.05) is 20.8 Å². The van der Waals surface area contributed by atoms with Gasteiger partial charge >= 0.3 is 0 Å². The van der Waals surface area contributed by atoms with Crippen molar-refractivity contribution in [1.82, 2.24) is 14.8 Å². The minimum absolute atomic E-state index is 0.321. The van der Waals surface area contributed by atoms with Crippen LogP contribution in [0.3, 0.4) is 0 Å². The van der Waals surface area contributed by atoms with E-state index in [4.69, 9.17) is 5.73 Å². The van der Waals surface area contributed by atoms with Crippen molar-refractivity contribution in [3.63, 3.8) is 0 Å². The molecule has 3 N–H and O–H groups in total. The van der Waals surface area contributed by atoms with Crippen LogP contribution in [0.15, 0.2) is 0 Å². The molecule has 104 valence electrons. The predicted octanol–water partition coefficient (Wildman–Crippen LogP) is 1.28. The number of nitrogens with zero attached hydrogens (tertiary/aromatic N) is 3. The highest BCUT2D eigenvalue weighted by atomic mass is 16.3. The molecular weight excluding hydrogens is 228 g/mol. The molecule has 5 nitrogen and oxygen atoms in total. The Morgan fingerprint density at radius 3 is 2.50 bits per heavy atom. The number of aryl methyl sites for hydroxylation is 3. The van der Waals surface area contributed by atoms with Crippen molar-refractivity contribution >= 4 is 0 Å². The minimum atomic E-state index is -0.722. The predicted molar refractivity (Wildman–Crippen MR) is 72.3 cm³/mol. The summed E-state index contributed by atoms with van der Waals surface area (Å²) in [5.41, 5.74) is 4.87. The molecule has 0 radical (unpaired) electrons. The van der Waals surface area contributed by atoms with E-state index in [1.54, 1.807) is 0 Å². The molecule has 0 aromatic carbocycles. The molecule has 0 spiro atoms. The lowest BCUT2D eigenvalue weighted by molar-refractivity contribution is 0.0330. The molecule has 1 atom stereocenters. The van der Waals surface area contributed by atoms with Crippen LogP contribution in [-0.4, -0.2) is 32.0 Å². The first-order chi connectivity index (χ1) is 8.58. The molecule has 1 aromatic rings. The first-order valence-electron chi connectivity index (χ1n) is 6.93. The SMILES string of the molecule is CCc1nc(CC)n(CCCC(O)(CC)CN)n1. The Morgan fingerprint density at radius 2 is 2.00 bits per heavy atom. The van der Waals surface area contributed by atoms with Gasteiger partial charge in [-0.25, -0.2) is 9.67 Å². The number of hydrogen-bond donors (Lipinski definition) is 2. The van der Waals surface area contributed by atoms with Crippen molar-refractivity contribution < 1.29 is 5.11 Å². The lowest BCUT2D eigenvalue weighted by Gasteiger charge is -2.24. The normalized spacial score (nSPS) is 14.7. The van der Waals surface area contributed by atoms with Crippen LogP contribution < -0.4 is 5.73 Å². The molecule has 0 fully saturated rings. The van der Waals surface area contributed by atoms with Gasteiger partial charge in [-0.2, -0.15) is 5.10 Å². The third-order valence-electron chi connectivity index (χ3n) is 3.47. The van der Waals surface area contributed by atoms with Crippen LogP contribution >= 0.6 is 0 Å². The largest absolute Gasteiger partial charge is 0.389 e. The highest BCUT2D eigenvalue weighted by Crippen LogP contribution is 2.16. The fourth-order valence-corrected chi connectivity index (χ4v) is 2.00. The van der Waals surface area contributed by atoms with Gasteiger partial charge in [-0.15, -0.1) is 0 Å². The van der Waals surface area contributed by atoms with Crippen LogP contribution in [0.4, 0.5) is 0 Å². The van der Waals surface area contributed by atoms with Crippen LogP contribution in [0.5, 0.6) is 0 Å². The van der Waals surface area contributed by atoms with Gasteiger partial charge in [0.1, 0.15) is 5.82 Å². The second-order valence-electron chi connectivity index (χ2n) is 4.76. The van der Waals surface area contributed by atoms with E-state index in [-0.39, 0.29) is 0 Å². The summed E-state index contributed by atoms with van der Waals surface area (Å²) in [4.78, 5) is 4.47. The van der Waals surface area contributed by atoms with E-state index in [0.29, 0.717) is 19.4 Å². The fraction of sp³-hybridized carbons (Fsp3) is 0.846. The van der Waals surface area contributed by atoms with E-state index >= 15 is 0 Å². The molecule has 0 saturated carbocycles. The zero-order valence-corrected chi connectivity index (χ0v) is 11.8. The van der Waals surface area contributed by atoms with E-state index in [2.05, 4.69) is 23.9 Å². The fourth-order valence-electron chi connectivity index (χ4n) is 2.00. The van der Waals surface area contributed by atoms with Crippen molar-refractivity contribution in [3.8, 4) is 0 Å². The zero-order chi connectivity index (χ0) is 13.6. The van der Waals surface area contributed by atoms with Crippen molar-refractivity contribution in [1.29, 1.82) is 0 Å². The molecule has 1 rings (SSSR count). The highest BCUT2D eigenvalue weighted by Gasteiger charge is 2.22. The number of rotatable bonds is 8. The van der Waals surface area contributed by atoms with Crippen molar-refractivity contribution in [2.45, 2.75) is 65.0 Å². The molecule has 1 heterocycles. The topological polar surface area (TPSA) is 77.0 Å². The van der Waals surface area contributed by atoms with Crippen molar-refractivity contribution in [3.05, 3.63) is 11.6 Å². The summed E-state index contributed by atoms with van der Waals surface area (Å²) in [5, 5.41) is 14.6. The number of aromatic nitrogens is 3. The smallest absolute Gasteiger partial charge is 0.150 e. The first kappa shape index (κ1) is 15.1. The summed E-state index contributed by atoms with van der Waals surface area (Å²) >= 11 is 0. The Bertz CT molecular complexity index is 358. The van der Waals surface area contributed by atoms with E-state index in [1.165, 1.54) is 0 Å². The van der Waals surface area contributed by atoms with Crippen LogP contribution in [0.2, 0.25) is 0 Å². The van der Waals surface area contributed by atoms with Gasteiger partial charge in [0.15, 0.2) is 5.82 Å². The Hall–Kier alpha value is -0.940. The molecule has 0 bridgehead atoms. The van der Waals surface area contributed by atoms with Gasteiger partial charge < -0.3 is 10.8 Å². The summed E-state index contributed by atoms with van der Waals surface area (Å²) in [6, 6.07) is 0. The van der Waals surface area contributed by atoms with Gasteiger partial charge in [-0.3, -0.25) is 0 Å². The number of aliphatic hydroxyl groups is 1. The van der Waals surface area contributed by atoms with E-state index < -0.39 is 5.60 Å². The number of nitrogens with two attached hydrogens (primary N) is 1. The second-order valence-corrected chi connectivity index (χ2v) is 4.76. The van der Waals surface area contributed by atoms with Gasteiger partial charge in [0.05, 0.1) is 5.60 Å². The Balaban J connectivity index is 2.55. The van der Waals surface area contributed by atoms with Crippen LogP contribution in [0.25, 0.3) is 0 Å². The minimum Gasteiger partial charge on any atom is -0.389 e. The quantitative estimate of drug-likeness (QED) is 0.732. The van der Waals surface area contributed by atoms with E-state index in [9.17, 15) is 5.11 Å². The molecule has 5 heteroatoms. The van der Waals surface area contributed by atoms with Crippen LogP contribution in [-0.2, 0) is 19.4 Å². The van der Waals surface area contributed by atoms with Crippen molar-refractivity contribution in [2.75, 3.05) is 6.54 Å². The molecule has 0 aliphatic heterocycles. The summed E-state index contributed by atoms with van der Waals surface area (Å²) in [6.45, 7) is 7.24. The standard InChI is InChI=1S/C13H26N4O/c1-4-11-15-12(5-2)17(16-11)9-7-8-13(18,6-3)10-14/h18H,4-10,14H2,1-3H3. The van der Waals surface area contributed by atoms with Crippen LogP contribution in [0.1, 0.15) is 51.7 Å². The van der Waals surface area contributed by atoms with Gasteiger partial charge in [0.2, 0.25) is 0 Å². The molecule has 1 unspecified atom stereocenters. The van der Waals surface area contributed by atoms with E-state index in [1.807, 2.05) is 11.6 Å². The number of hydrogen-bond acceptors (Lipinski definition) is 4. The maximum absolute atomic E-state index is 10.1. The van der Waals surface area contributed by atoms with Gasteiger partial charge in [0.25, 0.3) is 0 Å². The average Bonchev–Trinajstić information content (AvgIpc) is 2.81. The molecule has 0 amide bonds. The second kappa shape index (κ2) is 6.85. The lowest BCUT2D eigenvalue weighted by Crippen LogP contribution is -2.37. The zero-order valence-electron chi connectivity index (χ0n) is 11.8. The van der Waals surface area contributed by atoms with Gasteiger partial charge in [0, 0.05) is 25.9 Å². The molecular formula is C13H26N4O. The van der Waals surface area contributed by atoms with Crippen LogP contribution in [0, 0.1) is 0 Å². The van der Waals surface area contributed by atoms with Crippen molar-refractivity contribution in [2.24, 2.45) is 5.73 Å². The van der Waals surface area contributed by atoms with Gasteiger partial charge in [-0.05, 0) is 19.3 Å². The summed E-state index contributed by atoms with van der Waals surface area (Å²) in [7, 11) is 0. The first-order valence-corrected chi connectivity index (χ1v) is 6.93. The summed E-state index contributed by atoms with van der Waals surface area (Å²) in [5.74, 6) is 1.93.